The number of rotatable bonds is 54. The van der Waals surface area contributed by atoms with E-state index in [0.717, 1.165) is 70.6 Å². The van der Waals surface area contributed by atoms with Crippen molar-refractivity contribution < 1.29 is 37.3 Å². The Labute approximate surface area is 456 Å². The number of quaternary nitrogens is 1. The largest absolute Gasteiger partial charge is 0.472 e. The lowest BCUT2D eigenvalue weighted by Gasteiger charge is -2.27. The topological polar surface area (TPSA) is 111 Å². The van der Waals surface area contributed by atoms with Crippen LogP contribution in [-0.2, 0) is 27.9 Å². The number of unbranched alkanes of at least 4 members (excludes halogenated alkanes) is 26. The second-order valence-corrected chi connectivity index (χ2v) is 22.9. The van der Waals surface area contributed by atoms with Crippen LogP contribution in [0.2, 0.25) is 0 Å². The zero-order valence-corrected chi connectivity index (χ0v) is 49.7. The monoisotopic (exact) mass is 1060 g/mol. The summed E-state index contributed by atoms with van der Waals surface area (Å²) in [6.07, 6.45) is 70.3. The predicted octanol–water partition coefficient (Wildman–Crippen LogP) is 18.6. The Bertz CT molecular complexity index is 1540. The van der Waals surface area contributed by atoms with Crippen molar-refractivity contribution in [2.45, 2.75) is 270 Å². The van der Waals surface area contributed by atoms with Crippen LogP contribution in [0.1, 0.15) is 258 Å². The lowest BCUT2D eigenvalue weighted by Crippen LogP contribution is -2.47. The Morgan fingerprint density at radius 2 is 0.878 bits per heavy atom. The number of nitrogens with one attached hydrogen (secondary N) is 1. The van der Waals surface area contributed by atoms with Gasteiger partial charge in [0.1, 0.15) is 19.3 Å². The average molecular weight is 1060 g/mol. The fraction of sp³-hybridized carbons (Fsp3) is 0.750. The number of likely N-dealkylation sites (N-methyl/N-ethyl adjacent to an activating group) is 1. The molecule has 0 aromatic rings. The van der Waals surface area contributed by atoms with Gasteiger partial charge in [-0.15, -0.1) is 0 Å². The number of allylic oxidation sites excluding steroid dienone is 13. The van der Waals surface area contributed by atoms with Crippen molar-refractivity contribution in [1.29, 1.82) is 0 Å². The first-order chi connectivity index (χ1) is 35.9. The molecule has 0 aromatic carbocycles. The summed E-state index contributed by atoms with van der Waals surface area (Å²) in [5.74, 6) is -0.603. The van der Waals surface area contributed by atoms with Gasteiger partial charge in [0.15, 0.2) is 0 Å². The number of ether oxygens (including phenoxy) is 1. The summed E-state index contributed by atoms with van der Waals surface area (Å²) in [6.45, 7) is 6.83. The second-order valence-electron chi connectivity index (χ2n) is 21.5. The third-order valence-electron chi connectivity index (χ3n) is 13.1. The molecule has 10 heteroatoms. The molecule has 9 nitrogen and oxygen atoms in total. The Hall–Kier alpha value is -2.81. The van der Waals surface area contributed by atoms with Gasteiger partial charge in [0.2, 0.25) is 5.91 Å². The number of carbonyl (C=O) groups excluding carboxylic acids is 2. The standard InChI is InChI=1S/C64H115N2O7P/c1-7-10-13-16-19-22-25-27-29-31-32-33-34-35-37-39-42-45-48-51-54-57-64(68)73-62(55-52-49-46-43-40-24-21-18-15-12-9-3)61(60-72-74(69,70)71-59-58-66(4,5)6)65-63(67)56-53-50-47-44-41-38-36-30-28-26-23-20-17-14-11-8-2/h11,14,20,23,27-30,38,41,47,50,52,55,61-62H,7-10,12-13,15-19,21-22,24-26,31-37,39-40,42-46,48-49,51,53-54,56-60H2,1-6H3,(H-,65,67,69,70)/p+1/b14-11+,23-20+,29-27+,30-28+,41-38+,50-47+,55-52+. The van der Waals surface area contributed by atoms with Gasteiger partial charge in [0, 0.05) is 12.8 Å². The third-order valence-corrected chi connectivity index (χ3v) is 14.1. The summed E-state index contributed by atoms with van der Waals surface area (Å²) in [5, 5.41) is 3.00. The van der Waals surface area contributed by atoms with Crippen molar-refractivity contribution in [1.82, 2.24) is 5.32 Å². The number of hydrogen-bond donors (Lipinski definition) is 2. The van der Waals surface area contributed by atoms with E-state index in [0.29, 0.717) is 17.4 Å². The van der Waals surface area contributed by atoms with Gasteiger partial charge in [0.05, 0.1) is 33.8 Å². The van der Waals surface area contributed by atoms with Crippen molar-refractivity contribution in [3.8, 4) is 0 Å². The van der Waals surface area contributed by atoms with Crippen molar-refractivity contribution in [3.63, 3.8) is 0 Å². The minimum absolute atomic E-state index is 0.0241. The van der Waals surface area contributed by atoms with E-state index in [1.807, 2.05) is 39.4 Å². The van der Waals surface area contributed by atoms with E-state index in [1.165, 1.54) is 148 Å². The molecule has 428 valence electrons. The van der Waals surface area contributed by atoms with Crippen LogP contribution in [0.4, 0.5) is 0 Å². The molecule has 0 saturated heterocycles. The second kappa shape index (κ2) is 53.6. The summed E-state index contributed by atoms with van der Waals surface area (Å²) >= 11 is 0. The average Bonchev–Trinajstić information content (AvgIpc) is 3.36. The molecule has 74 heavy (non-hydrogen) atoms. The van der Waals surface area contributed by atoms with Gasteiger partial charge in [-0.1, -0.05) is 241 Å². The van der Waals surface area contributed by atoms with Crippen LogP contribution in [0.25, 0.3) is 0 Å². The van der Waals surface area contributed by atoms with Crippen molar-refractivity contribution in [2.24, 2.45) is 0 Å². The summed E-state index contributed by atoms with van der Waals surface area (Å²) < 4.78 is 30.6. The van der Waals surface area contributed by atoms with Crippen molar-refractivity contribution in [2.75, 3.05) is 40.9 Å². The molecule has 0 fully saturated rings. The Morgan fingerprint density at radius 1 is 0.486 bits per heavy atom. The number of phosphoric ester groups is 1. The van der Waals surface area contributed by atoms with E-state index in [4.69, 9.17) is 13.8 Å². The number of nitrogens with zero attached hydrogens (tertiary/aromatic N) is 1. The molecule has 0 aromatic heterocycles. The first-order valence-corrected chi connectivity index (χ1v) is 31.9. The van der Waals surface area contributed by atoms with E-state index in [9.17, 15) is 19.0 Å². The summed E-state index contributed by atoms with van der Waals surface area (Å²) in [5.41, 5.74) is 0. The van der Waals surface area contributed by atoms with E-state index in [1.54, 1.807) is 0 Å². The van der Waals surface area contributed by atoms with Crippen LogP contribution >= 0.6 is 7.82 Å². The smallest absolute Gasteiger partial charge is 0.456 e. The number of carbonyl (C=O) groups is 2. The highest BCUT2D eigenvalue weighted by molar-refractivity contribution is 7.47. The minimum Gasteiger partial charge on any atom is -0.456 e. The van der Waals surface area contributed by atoms with Crippen LogP contribution in [0, 0.1) is 0 Å². The molecule has 2 N–H and O–H groups in total. The molecule has 0 saturated carbocycles. The van der Waals surface area contributed by atoms with Gasteiger partial charge in [-0.2, -0.15) is 0 Å². The molecule has 3 atom stereocenters. The molecule has 0 spiro atoms. The molecular weight excluding hydrogens is 940 g/mol. The summed E-state index contributed by atoms with van der Waals surface area (Å²) in [6, 6.07) is -0.891. The molecule has 0 aliphatic heterocycles. The SMILES string of the molecule is CC/C=C/C/C=C/C/C=C/C/C=C/C/C=C/CCC(=O)NC(COP(=O)(O)OCC[N+](C)(C)C)C(/C=C/CCCCCCCCCCC)OC(=O)CCCCCCCCCCCCC/C=C/CCCCCCCC. The van der Waals surface area contributed by atoms with E-state index in [2.05, 4.69) is 92.9 Å². The quantitative estimate of drug-likeness (QED) is 0.0205. The first kappa shape index (κ1) is 71.2. The van der Waals surface area contributed by atoms with Gasteiger partial charge in [-0.05, 0) is 89.5 Å². The van der Waals surface area contributed by atoms with Crippen LogP contribution in [-0.4, -0.2) is 74.3 Å². The van der Waals surface area contributed by atoms with E-state index >= 15 is 0 Å². The van der Waals surface area contributed by atoms with Crippen LogP contribution in [0.5, 0.6) is 0 Å². The van der Waals surface area contributed by atoms with E-state index < -0.39 is 20.0 Å². The van der Waals surface area contributed by atoms with Gasteiger partial charge in [0.25, 0.3) is 0 Å². The lowest BCUT2D eigenvalue weighted by atomic mass is 10.0. The molecule has 0 aliphatic rings. The maximum absolute atomic E-state index is 13.5. The predicted molar refractivity (Wildman–Crippen MR) is 318 cm³/mol. The fourth-order valence-electron chi connectivity index (χ4n) is 8.39. The highest BCUT2D eigenvalue weighted by Crippen LogP contribution is 2.43. The number of esters is 1. The number of phosphoric acid groups is 1. The van der Waals surface area contributed by atoms with Gasteiger partial charge < -0.3 is 19.4 Å². The van der Waals surface area contributed by atoms with Crippen molar-refractivity contribution in [3.05, 3.63) is 85.1 Å². The maximum Gasteiger partial charge on any atom is 0.472 e. The molecular formula is C64H116N2O7P+. The fourth-order valence-corrected chi connectivity index (χ4v) is 9.13. The van der Waals surface area contributed by atoms with Crippen LogP contribution < -0.4 is 5.32 Å². The molecule has 0 rings (SSSR count). The van der Waals surface area contributed by atoms with Crippen LogP contribution in [0.15, 0.2) is 85.1 Å². The zero-order valence-electron chi connectivity index (χ0n) is 48.8. The molecule has 0 radical (unpaired) electrons. The normalized spacial score (nSPS) is 14.3. The minimum atomic E-state index is -4.47. The number of amides is 1. The van der Waals surface area contributed by atoms with Crippen LogP contribution in [0.3, 0.4) is 0 Å². The molecule has 0 aliphatic carbocycles. The highest BCUT2D eigenvalue weighted by Gasteiger charge is 2.30. The van der Waals surface area contributed by atoms with Gasteiger partial charge >= 0.3 is 13.8 Å². The third kappa shape index (κ3) is 54.0. The van der Waals surface area contributed by atoms with Gasteiger partial charge in [-0.3, -0.25) is 18.6 Å². The summed E-state index contributed by atoms with van der Waals surface area (Å²) in [7, 11) is 1.44. The molecule has 0 bridgehead atoms. The molecule has 1 amide bonds. The Kier molecular flexibility index (Phi) is 51.5. The van der Waals surface area contributed by atoms with E-state index in [-0.39, 0.29) is 37.9 Å². The Balaban J connectivity index is 5.29. The molecule has 0 heterocycles. The zero-order chi connectivity index (χ0) is 54.3. The maximum atomic E-state index is 13.5. The lowest BCUT2D eigenvalue weighted by molar-refractivity contribution is -0.870. The first-order valence-electron chi connectivity index (χ1n) is 30.4. The highest BCUT2D eigenvalue weighted by atomic mass is 31.2. The Morgan fingerprint density at radius 3 is 1.32 bits per heavy atom. The van der Waals surface area contributed by atoms with Crippen molar-refractivity contribution >= 4 is 19.7 Å². The molecule has 3 unspecified atom stereocenters. The summed E-state index contributed by atoms with van der Waals surface area (Å²) in [4.78, 5) is 37.6. The van der Waals surface area contributed by atoms with Gasteiger partial charge in [-0.25, -0.2) is 4.57 Å². The number of hydrogen-bond acceptors (Lipinski definition) is 6.